The summed E-state index contributed by atoms with van der Waals surface area (Å²) in [5.41, 5.74) is 0.0763. The number of Topliss-reactive ketones (excluding diaryl/α,β-unsaturated/α-hetero) is 1. The van der Waals surface area contributed by atoms with Gasteiger partial charge in [-0.15, -0.1) is 0 Å². The molecule has 0 fully saturated rings. The van der Waals surface area contributed by atoms with Crippen molar-refractivity contribution in [1.82, 2.24) is 15.4 Å². The highest BCUT2D eigenvalue weighted by molar-refractivity contribution is 5.97. The van der Waals surface area contributed by atoms with E-state index >= 15 is 0 Å². The van der Waals surface area contributed by atoms with Crippen LogP contribution < -0.4 is 0 Å². The van der Waals surface area contributed by atoms with Crippen LogP contribution in [0.4, 0.5) is 0 Å². The number of carbonyl (C=O) groups excluding carboxylic acids is 1. The summed E-state index contributed by atoms with van der Waals surface area (Å²) in [6, 6.07) is 0. The molecule has 0 saturated heterocycles. The molecular weight excluding hydrogens is 198 g/mol. The molecule has 1 aromatic heterocycles. The third kappa shape index (κ3) is 1.72. The Morgan fingerprint density at radius 1 is 1.47 bits per heavy atom. The predicted molar refractivity (Wildman–Crippen MR) is 49.7 cm³/mol. The molecule has 0 saturated carbocycles. The largest absolute Gasteiger partial charge is 0.362 e. The molecule has 1 unspecified atom stereocenters. The van der Waals surface area contributed by atoms with Crippen molar-refractivity contribution in [2.45, 2.75) is 5.79 Å². The Kier molecular flexibility index (Phi) is 2.22. The first-order chi connectivity index (χ1) is 7.11. The van der Waals surface area contributed by atoms with E-state index in [-0.39, 0.29) is 5.69 Å². The molecule has 1 aliphatic carbocycles. The third-order valence-electron chi connectivity index (χ3n) is 2.16. The van der Waals surface area contributed by atoms with Gasteiger partial charge in [-0.3, -0.25) is 4.79 Å². The molecule has 3 N–H and O–H groups in total. The molecule has 6 nitrogen and oxygen atoms in total. The van der Waals surface area contributed by atoms with E-state index in [9.17, 15) is 15.0 Å². The van der Waals surface area contributed by atoms with Gasteiger partial charge in [-0.1, -0.05) is 18.2 Å². The van der Waals surface area contributed by atoms with Crippen molar-refractivity contribution in [2.75, 3.05) is 0 Å². The van der Waals surface area contributed by atoms with Crippen LogP contribution in [0, 0.1) is 5.92 Å². The van der Waals surface area contributed by atoms with Gasteiger partial charge in [0.1, 0.15) is 11.6 Å². The molecule has 0 amide bonds. The number of H-pyrrole nitrogens is 1. The Hall–Kier alpha value is -1.79. The summed E-state index contributed by atoms with van der Waals surface area (Å²) in [6.45, 7) is 0. The number of hydrogen-bond acceptors (Lipinski definition) is 5. The summed E-state index contributed by atoms with van der Waals surface area (Å²) < 4.78 is 0. The number of aromatic amines is 1. The minimum absolute atomic E-state index is 0.0763. The van der Waals surface area contributed by atoms with Crippen LogP contribution in [0.15, 0.2) is 30.5 Å². The fourth-order valence-corrected chi connectivity index (χ4v) is 1.38. The van der Waals surface area contributed by atoms with E-state index in [4.69, 9.17) is 0 Å². The topological polar surface area (TPSA) is 99.1 Å². The molecule has 6 heteroatoms. The Balaban J connectivity index is 2.28. The van der Waals surface area contributed by atoms with E-state index in [0.29, 0.717) is 0 Å². The maximum atomic E-state index is 11.7. The molecule has 1 atom stereocenters. The van der Waals surface area contributed by atoms with Gasteiger partial charge >= 0.3 is 0 Å². The zero-order valence-electron chi connectivity index (χ0n) is 7.66. The molecule has 15 heavy (non-hydrogen) atoms. The summed E-state index contributed by atoms with van der Waals surface area (Å²) in [7, 11) is 0. The van der Waals surface area contributed by atoms with Gasteiger partial charge in [0.15, 0.2) is 11.6 Å². The highest BCUT2D eigenvalue weighted by atomic mass is 16.5. The number of hydrogen-bond donors (Lipinski definition) is 3. The summed E-state index contributed by atoms with van der Waals surface area (Å²) in [6.07, 6.45) is 6.84. The SMILES string of the molecule is O=C(c1cn[nH]n1)C1C=CC=CC1(O)O. The minimum Gasteiger partial charge on any atom is -0.362 e. The van der Waals surface area contributed by atoms with Crippen molar-refractivity contribution >= 4 is 5.78 Å². The van der Waals surface area contributed by atoms with E-state index < -0.39 is 17.5 Å². The lowest BCUT2D eigenvalue weighted by Gasteiger charge is -2.26. The quantitative estimate of drug-likeness (QED) is 0.444. The fourth-order valence-electron chi connectivity index (χ4n) is 1.38. The predicted octanol–water partition coefficient (Wildman–Crippen LogP) is -0.590. The maximum Gasteiger partial charge on any atom is 0.197 e. The zero-order valence-corrected chi connectivity index (χ0v) is 7.66. The normalized spacial score (nSPS) is 22.9. The summed E-state index contributed by atoms with van der Waals surface area (Å²) in [4.78, 5) is 11.7. The number of nitrogens with zero attached hydrogens (tertiary/aromatic N) is 2. The lowest BCUT2D eigenvalue weighted by atomic mass is 9.89. The highest BCUT2D eigenvalue weighted by Gasteiger charge is 2.38. The first kappa shape index (κ1) is 9.75. The number of allylic oxidation sites excluding steroid dienone is 2. The van der Waals surface area contributed by atoms with E-state index in [1.165, 1.54) is 18.3 Å². The van der Waals surface area contributed by atoms with Crippen LogP contribution in [-0.2, 0) is 0 Å². The Morgan fingerprint density at radius 2 is 2.27 bits per heavy atom. The van der Waals surface area contributed by atoms with Gasteiger partial charge in [-0.05, 0) is 6.08 Å². The van der Waals surface area contributed by atoms with E-state index in [2.05, 4.69) is 15.4 Å². The second kappa shape index (κ2) is 3.41. The van der Waals surface area contributed by atoms with Crippen LogP contribution in [-0.4, -0.2) is 37.2 Å². The second-order valence-corrected chi connectivity index (χ2v) is 3.22. The lowest BCUT2D eigenvalue weighted by molar-refractivity contribution is -0.137. The first-order valence-corrected chi connectivity index (χ1v) is 4.32. The molecular formula is C9H9N3O3. The van der Waals surface area contributed by atoms with E-state index in [1.54, 1.807) is 6.08 Å². The van der Waals surface area contributed by atoms with Gasteiger partial charge in [-0.25, -0.2) is 0 Å². The van der Waals surface area contributed by atoms with Crippen molar-refractivity contribution < 1.29 is 15.0 Å². The van der Waals surface area contributed by atoms with Gasteiger partial charge in [0, 0.05) is 0 Å². The van der Waals surface area contributed by atoms with Crippen LogP contribution >= 0.6 is 0 Å². The first-order valence-electron chi connectivity index (χ1n) is 4.32. The lowest BCUT2D eigenvalue weighted by Crippen LogP contribution is -2.40. The molecule has 2 rings (SSSR count). The van der Waals surface area contributed by atoms with Crippen LogP contribution in [0.5, 0.6) is 0 Å². The summed E-state index contributed by atoms with van der Waals surface area (Å²) >= 11 is 0. The van der Waals surface area contributed by atoms with Crippen LogP contribution in [0.2, 0.25) is 0 Å². The van der Waals surface area contributed by atoms with Crippen molar-refractivity contribution in [1.29, 1.82) is 0 Å². The molecule has 0 aromatic carbocycles. The Bertz CT molecular complexity index is 420. The van der Waals surface area contributed by atoms with Gasteiger partial charge in [0.05, 0.1) is 6.20 Å². The van der Waals surface area contributed by atoms with Gasteiger partial charge in [0.25, 0.3) is 0 Å². The third-order valence-corrected chi connectivity index (χ3v) is 2.16. The number of nitrogens with one attached hydrogen (secondary N) is 1. The Labute approximate surface area is 84.9 Å². The fraction of sp³-hybridized carbons (Fsp3) is 0.222. The molecule has 1 aliphatic rings. The van der Waals surface area contributed by atoms with Gasteiger partial charge < -0.3 is 10.2 Å². The number of aliphatic hydroxyl groups is 2. The molecule has 1 heterocycles. The molecule has 0 bridgehead atoms. The number of carbonyl (C=O) groups is 1. The average molecular weight is 207 g/mol. The molecule has 1 aromatic rings. The minimum atomic E-state index is -2.16. The summed E-state index contributed by atoms with van der Waals surface area (Å²) in [5, 5.41) is 28.4. The van der Waals surface area contributed by atoms with Crippen LogP contribution in [0.1, 0.15) is 10.5 Å². The number of aromatic nitrogens is 3. The van der Waals surface area contributed by atoms with Crippen LogP contribution in [0.3, 0.4) is 0 Å². The standard InChI is InChI=1S/C9H9N3O3/c13-8(7-5-10-12-11-7)6-3-1-2-4-9(6,14)15/h1-6,14-15H,(H,10,11,12). The molecule has 0 aliphatic heterocycles. The van der Waals surface area contributed by atoms with Crippen molar-refractivity contribution in [3.8, 4) is 0 Å². The van der Waals surface area contributed by atoms with Gasteiger partial charge in [-0.2, -0.15) is 15.4 Å². The molecule has 0 spiro atoms. The average Bonchev–Trinajstić information content (AvgIpc) is 2.69. The van der Waals surface area contributed by atoms with E-state index in [1.807, 2.05) is 0 Å². The van der Waals surface area contributed by atoms with Crippen molar-refractivity contribution in [3.05, 3.63) is 36.2 Å². The molecule has 0 radical (unpaired) electrons. The number of rotatable bonds is 2. The maximum absolute atomic E-state index is 11.7. The van der Waals surface area contributed by atoms with Gasteiger partial charge in [0.2, 0.25) is 0 Å². The monoisotopic (exact) mass is 207 g/mol. The zero-order chi connectivity index (χ0) is 10.9. The number of ketones is 1. The van der Waals surface area contributed by atoms with Crippen molar-refractivity contribution in [2.24, 2.45) is 5.92 Å². The van der Waals surface area contributed by atoms with E-state index in [0.717, 1.165) is 6.08 Å². The molecule has 78 valence electrons. The van der Waals surface area contributed by atoms with Crippen molar-refractivity contribution in [3.63, 3.8) is 0 Å². The Morgan fingerprint density at radius 3 is 2.87 bits per heavy atom. The van der Waals surface area contributed by atoms with Crippen LogP contribution in [0.25, 0.3) is 0 Å². The highest BCUT2D eigenvalue weighted by Crippen LogP contribution is 2.24. The smallest absolute Gasteiger partial charge is 0.197 e. The second-order valence-electron chi connectivity index (χ2n) is 3.22. The summed E-state index contributed by atoms with van der Waals surface area (Å²) in [5.74, 6) is -3.70.